The van der Waals surface area contributed by atoms with Crippen LogP contribution in [0.25, 0.3) is 0 Å². The summed E-state index contributed by atoms with van der Waals surface area (Å²) in [6.45, 7) is 7.93. The van der Waals surface area contributed by atoms with E-state index in [4.69, 9.17) is 5.11 Å². The maximum atomic E-state index is 12.0. The normalized spacial score (nSPS) is 24.5. The topological polar surface area (TPSA) is 78.4 Å². The molecule has 3 atom stereocenters. The third-order valence-corrected chi connectivity index (χ3v) is 4.21. The summed E-state index contributed by atoms with van der Waals surface area (Å²) in [5, 5.41) is 14.6. The van der Waals surface area contributed by atoms with E-state index in [0.29, 0.717) is 11.8 Å². The van der Waals surface area contributed by atoms with Gasteiger partial charge in [0.2, 0.25) is 0 Å². The van der Waals surface area contributed by atoms with Gasteiger partial charge in [-0.15, -0.1) is 0 Å². The van der Waals surface area contributed by atoms with E-state index in [-0.39, 0.29) is 18.0 Å². The first-order valence-corrected chi connectivity index (χ1v) is 7.62. The molecule has 2 amide bonds. The van der Waals surface area contributed by atoms with E-state index in [1.165, 1.54) is 6.42 Å². The molecule has 5 heteroatoms. The van der Waals surface area contributed by atoms with E-state index in [0.717, 1.165) is 19.3 Å². The van der Waals surface area contributed by atoms with E-state index < -0.39 is 12.0 Å². The fourth-order valence-corrected chi connectivity index (χ4v) is 3.00. The Hall–Kier alpha value is -1.26. The second-order valence-corrected chi connectivity index (χ2v) is 6.48. The van der Waals surface area contributed by atoms with Crippen molar-refractivity contribution in [2.75, 3.05) is 0 Å². The second-order valence-electron chi connectivity index (χ2n) is 6.48. The Morgan fingerprint density at radius 1 is 1.10 bits per heavy atom. The number of hydrogen-bond donors (Lipinski definition) is 3. The molecule has 1 rings (SSSR count). The van der Waals surface area contributed by atoms with Crippen molar-refractivity contribution < 1.29 is 14.7 Å². The molecule has 1 fully saturated rings. The smallest absolute Gasteiger partial charge is 0.326 e. The zero-order valence-electron chi connectivity index (χ0n) is 13.0. The largest absolute Gasteiger partial charge is 0.480 e. The molecular weight excluding hydrogens is 256 g/mol. The highest BCUT2D eigenvalue weighted by molar-refractivity contribution is 5.82. The van der Waals surface area contributed by atoms with Gasteiger partial charge in [-0.2, -0.15) is 0 Å². The summed E-state index contributed by atoms with van der Waals surface area (Å²) < 4.78 is 0. The van der Waals surface area contributed by atoms with Crippen molar-refractivity contribution in [3.8, 4) is 0 Å². The van der Waals surface area contributed by atoms with Gasteiger partial charge in [-0.3, -0.25) is 0 Å². The third kappa shape index (κ3) is 4.69. The maximum Gasteiger partial charge on any atom is 0.326 e. The van der Waals surface area contributed by atoms with Crippen LogP contribution in [0.15, 0.2) is 0 Å². The third-order valence-electron chi connectivity index (χ3n) is 4.21. The van der Waals surface area contributed by atoms with Crippen LogP contribution in [0.4, 0.5) is 4.79 Å². The summed E-state index contributed by atoms with van der Waals surface area (Å²) in [5.41, 5.74) is 0. The Bertz CT molecular complexity index is 342. The lowest BCUT2D eigenvalue weighted by atomic mass is 9.78. The molecular formula is C15H28N2O3. The van der Waals surface area contributed by atoms with Gasteiger partial charge in [0.1, 0.15) is 6.04 Å². The lowest BCUT2D eigenvalue weighted by Gasteiger charge is -2.35. The molecule has 1 aliphatic carbocycles. The van der Waals surface area contributed by atoms with Crippen LogP contribution in [0.3, 0.4) is 0 Å². The molecule has 2 unspecified atom stereocenters. The Morgan fingerprint density at radius 3 is 2.20 bits per heavy atom. The van der Waals surface area contributed by atoms with Crippen molar-refractivity contribution in [3.05, 3.63) is 0 Å². The molecule has 0 spiro atoms. The summed E-state index contributed by atoms with van der Waals surface area (Å²) in [4.78, 5) is 23.1. The van der Waals surface area contributed by atoms with Crippen LogP contribution in [-0.2, 0) is 4.79 Å². The minimum Gasteiger partial charge on any atom is -0.480 e. The van der Waals surface area contributed by atoms with Crippen LogP contribution in [0.2, 0.25) is 0 Å². The fourth-order valence-electron chi connectivity index (χ4n) is 3.00. The van der Waals surface area contributed by atoms with Crippen LogP contribution < -0.4 is 10.6 Å². The van der Waals surface area contributed by atoms with E-state index in [1.54, 1.807) is 13.8 Å². The highest BCUT2D eigenvalue weighted by Gasteiger charge is 2.30. The fraction of sp³-hybridized carbons (Fsp3) is 0.867. The van der Waals surface area contributed by atoms with Crippen LogP contribution in [0.5, 0.6) is 0 Å². The first-order chi connectivity index (χ1) is 9.32. The van der Waals surface area contributed by atoms with Gasteiger partial charge in [0, 0.05) is 6.04 Å². The van der Waals surface area contributed by atoms with Gasteiger partial charge in [-0.05, 0) is 30.6 Å². The van der Waals surface area contributed by atoms with E-state index >= 15 is 0 Å². The number of hydrogen-bond acceptors (Lipinski definition) is 2. The molecule has 0 aromatic carbocycles. The number of carbonyl (C=O) groups is 2. The molecule has 1 aliphatic rings. The predicted molar refractivity (Wildman–Crippen MR) is 78.5 cm³/mol. The molecule has 0 aromatic heterocycles. The van der Waals surface area contributed by atoms with Crippen molar-refractivity contribution in [1.29, 1.82) is 0 Å². The molecule has 1 saturated carbocycles. The van der Waals surface area contributed by atoms with Crippen LogP contribution >= 0.6 is 0 Å². The summed E-state index contributed by atoms with van der Waals surface area (Å²) in [5.74, 6) is -0.109. The van der Waals surface area contributed by atoms with E-state index in [2.05, 4.69) is 24.5 Å². The average Bonchev–Trinajstić information content (AvgIpc) is 2.35. The van der Waals surface area contributed by atoms with E-state index in [9.17, 15) is 9.59 Å². The average molecular weight is 284 g/mol. The van der Waals surface area contributed by atoms with Crippen molar-refractivity contribution in [1.82, 2.24) is 10.6 Å². The SMILES string of the molecule is CC(C)C1CCCCC1NC(=O)N[C@@H](C(=O)O)C(C)C. The zero-order chi connectivity index (χ0) is 15.3. The van der Waals surface area contributed by atoms with Gasteiger partial charge >= 0.3 is 12.0 Å². The molecule has 0 bridgehead atoms. The molecule has 0 aliphatic heterocycles. The lowest BCUT2D eigenvalue weighted by Crippen LogP contribution is -2.53. The zero-order valence-corrected chi connectivity index (χ0v) is 13.0. The minimum atomic E-state index is -0.987. The summed E-state index contributed by atoms with van der Waals surface area (Å²) >= 11 is 0. The van der Waals surface area contributed by atoms with Crippen molar-refractivity contribution in [3.63, 3.8) is 0 Å². The molecule has 0 heterocycles. The number of rotatable bonds is 5. The standard InChI is InChI=1S/C15H28N2O3/c1-9(2)11-7-5-6-8-12(11)16-15(20)17-13(10(3)4)14(18)19/h9-13H,5-8H2,1-4H3,(H,18,19)(H2,16,17,20)/t11?,12?,13-/m1/s1. The first kappa shape index (κ1) is 16.8. The second kappa shape index (κ2) is 7.50. The van der Waals surface area contributed by atoms with Gasteiger partial charge in [0.25, 0.3) is 0 Å². The van der Waals surface area contributed by atoms with Crippen molar-refractivity contribution in [2.45, 2.75) is 65.5 Å². The molecule has 0 radical (unpaired) electrons. The number of aliphatic carboxylic acids is 1. The van der Waals surface area contributed by atoms with E-state index in [1.807, 2.05) is 0 Å². The van der Waals surface area contributed by atoms with Crippen molar-refractivity contribution in [2.24, 2.45) is 17.8 Å². The molecule has 3 N–H and O–H groups in total. The Kier molecular flexibility index (Phi) is 6.30. The number of carbonyl (C=O) groups excluding carboxylic acids is 1. The first-order valence-electron chi connectivity index (χ1n) is 7.62. The molecule has 5 nitrogen and oxygen atoms in total. The lowest BCUT2D eigenvalue weighted by molar-refractivity contribution is -0.140. The van der Waals surface area contributed by atoms with Gasteiger partial charge in [-0.1, -0.05) is 40.5 Å². The van der Waals surface area contributed by atoms with Gasteiger partial charge in [0.05, 0.1) is 0 Å². The number of nitrogens with one attached hydrogen (secondary N) is 2. The summed E-state index contributed by atoms with van der Waals surface area (Å²) in [6, 6.07) is -1.04. The molecule has 20 heavy (non-hydrogen) atoms. The maximum absolute atomic E-state index is 12.0. The molecule has 116 valence electrons. The quantitative estimate of drug-likeness (QED) is 0.726. The Morgan fingerprint density at radius 2 is 1.70 bits per heavy atom. The van der Waals surface area contributed by atoms with Crippen molar-refractivity contribution >= 4 is 12.0 Å². The minimum absolute atomic E-state index is 0.134. The molecule has 0 aromatic rings. The Balaban J connectivity index is 2.57. The van der Waals surface area contributed by atoms with Gasteiger partial charge in [0.15, 0.2) is 0 Å². The monoisotopic (exact) mass is 284 g/mol. The van der Waals surface area contributed by atoms with Crippen LogP contribution in [-0.4, -0.2) is 29.2 Å². The van der Waals surface area contributed by atoms with Gasteiger partial charge in [-0.25, -0.2) is 9.59 Å². The van der Waals surface area contributed by atoms with Crippen LogP contribution in [0, 0.1) is 17.8 Å². The number of carboxylic acids is 1. The number of carboxylic acid groups (broad SMARTS) is 1. The highest BCUT2D eigenvalue weighted by atomic mass is 16.4. The summed E-state index contributed by atoms with van der Waals surface area (Å²) in [6.07, 6.45) is 4.46. The predicted octanol–water partition coefficient (Wildman–Crippen LogP) is 2.61. The number of urea groups is 1. The Labute approximate surface area is 121 Å². The molecule has 0 saturated heterocycles. The van der Waals surface area contributed by atoms with Gasteiger partial charge < -0.3 is 15.7 Å². The number of amides is 2. The van der Waals surface area contributed by atoms with Crippen LogP contribution in [0.1, 0.15) is 53.4 Å². The highest BCUT2D eigenvalue weighted by Crippen LogP contribution is 2.30. The summed E-state index contributed by atoms with van der Waals surface area (Å²) in [7, 11) is 0.